The van der Waals surface area contributed by atoms with Crippen LogP contribution in [-0.2, 0) is 11.2 Å². The molecule has 5 rings (SSSR count). The predicted octanol–water partition coefficient (Wildman–Crippen LogP) is 4.29. The Labute approximate surface area is 145 Å². The summed E-state index contributed by atoms with van der Waals surface area (Å²) in [5.41, 5.74) is 6.63. The molecule has 1 aliphatic heterocycles. The molecule has 3 nitrogen and oxygen atoms in total. The first-order valence-electron chi connectivity index (χ1n) is 8.40. The first-order chi connectivity index (χ1) is 12.2. The van der Waals surface area contributed by atoms with Crippen LogP contribution in [0.25, 0.3) is 11.1 Å². The van der Waals surface area contributed by atoms with Crippen LogP contribution in [0, 0.1) is 0 Å². The molecule has 0 amide bonds. The van der Waals surface area contributed by atoms with Crippen molar-refractivity contribution in [3.8, 4) is 16.9 Å². The lowest BCUT2D eigenvalue weighted by molar-refractivity contribution is 0.0953. The number of phenols is 1. The summed E-state index contributed by atoms with van der Waals surface area (Å²) >= 11 is 0. The smallest absolute Gasteiger partial charge is 0.194 e. The van der Waals surface area contributed by atoms with Crippen molar-refractivity contribution < 1.29 is 14.6 Å². The molecule has 0 radical (unpaired) electrons. The number of Topliss-reactive ketones (excluding diaryl/α,β-unsaturated/α-hetero) is 1. The summed E-state index contributed by atoms with van der Waals surface area (Å²) in [7, 11) is 0. The Morgan fingerprint density at radius 2 is 1.68 bits per heavy atom. The number of rotatable bonds is 3. The van der Waals surface area contributed by atoms with Gasteiger partial charge in [-0.2, -0.15) is 0 Å². The predicted molar refractivity (Wildman–Crippen MR) is 94.7 cm³/mol. The number of carbonyl (C=O) groups excluding carboxylic acids is 1. The van der Waals surface area contributed by atoms with Crippen molar-refractivity contribution in [1.82, 2.24) is 0 Å². The van der Waals surface area contributed by atoms with Crippen molar-refractivity contribution in [2.24, 2.45) is 0 Å². The Bertz CT molecular complexity index is 988. The van der Waals surface area contributed by atoms with E-state index in [-0.39, 0.29) is 17.6 Å². The maximum atomic E-state index is 12.8. The second-order valence-corrected chi connectivity index (χ2v) is 6.64. The number of hydrogen-bond acceptors (Lipinski definition) is 3. The van der Waals surface area contributed by atoms with E-state index in [1.807, 2.05) is 24.3 Å². The van der Waals surface area contributed by atoms with E-state index in [4.69, 9.17) is 4.74 Å². The van der Waals surface area contributed by atoms with Crippen molar-refractivity contribution in [2.45, 2.75) is 18.6 Å². The maximum Gasteiger partial charge on any atom is 0.194 e. The van der Waals surface area contributed by atoms with Crippen LogP contribution >= 0.6 is 0 Å². The van der Waals surface area contributed by atoms with Crippen molar-refractivity contribution in [3.05, 3.63) is 89.0 Å². The van der Waals surface area contributed by atoms with Crippen molar-refractivity contribution in [1.29, 1.82) is 0 Å². The summed E-state index contributed by atoms with van der Waals surface area (Å²) in [6.45, 7) is 0. The molecule has 1 saturated heterocycles. The summed E-state index contributed by atoms with van der Waals surface area (Å²) < 4.78 is 5.61. The van der Waals surface area contributed by atoms with Crippen LogP contribution in [-0.4, -0.2) is 17.0 Å². The zero-order valence-corrected chi connectivity index (χ0v) is 13.5. The molecule has 0 unspecified atom stereocenters. The first-order valence-corrected chi connectivity index (χ1v) is 8.40. The third-order valence-corrected chi connectivity index (χ3v) is 5.05. The summed E-state index contributed by atoms with van der Waals surface area (Å²) in [5.74, 6) is 0.238. The largest absolute Gasteiger partial charge is 0.508 e. The molecular formula is C22H16O3. The number of ether oxygens (including phenoxy) is 1. The molecule has 3 heteroatoms. The number of fused-ring (bicyclic) bond motifs is 3. The van der Waals surface area contributed by atoms with E-state index in [0.717, 1.165) is 12.0 Å². The monoisotopic (exact) mass is 328 g/mol. The molecule has 122 valence electrons. The van der Waals surface area contributed by atoms with Crippen LogP contribution in [0.1, 0.15) is 33.2 Å². The Morgan fingerprint density at radius 1 is 0.920 bits per heavy atom. The van der Waals surface area contributed by atoms with E-state index >= 15 is 0 Å². The highest BCUT2D eigenvalue weighted by Crippen LogP contribution is 2.42. The topological polar surface area (TPSA) is 49.8 Å². The molecule has 1 N–H and O–H groups in total. The number of carbonyl (C=O) groups is 1. The van der Waals surface area contributed by atoms with Crippen molar-refractivity contribution in [3.63, 3.8) is 0 Å². The molecule has 0 bridgehead atoms. The van der Waals surface area contributed by atoms with E-state index < -0.39 is 6.10 Å². The third kappa shape index (κ3) is 2.36. The lowest BCUT2D eigenvalue weighted by Gasteiger charge is -2.04. The lowest BCUT2D eigenvalue weighted by atomic mass is 9.98. The summed E-state index contributed by atoms with van der Waals surface area (Å²) in [5, 5.41) is 9.37. The lowest BCUT2D eigenvalue weighted by Crippen LogP contribution is -2.08. The molecular weight excluding hydrogens is 312 g/mol. The second kappa shape index (κ2) is 5.30. The average molecular weight is 328 g/mol. The summed E-state index contributed by atoms with van der Waals surface area (Å²) in [6.07, 6.45) is 0.240. The van der Waals surface area contributed by atoms with Crippen LogP contribution in [0.4, 0.5) is 0 Å². The molecule has 1 aliphatic carbocycles. The van der Waals surface area contributed by atoms with Gasteiger partial charge in [0.1, 0.15) is 11.9 Å². The van der Waals surface area contributed by atoms with Gasteiger partial charge in [-0.3, -0.25) is 4.79 Å². The van der Waals surface area contributed by atoms with Crippen molar-refractivity contribution >= 4 is 5.78 Å². The Kier molecular flexibility index (Phi) is 3.06. The molecule has 0 spiro atoms. The fourth-order valence-corrected chi connectivity index (χ4v) is 3.69. The van der Waals surface area contributed by atoms with Gasteiger partial charge in [-0.1, -0.05) is 48.5 Å². The Morgan fingerprint density at radius 3 is 2.52 bits per heavy atom. The van der Waals surface area contributed by atoms with Crippen LogP contribution in [0.5, 0.6) is 5.75 Å². The van der Waals surface area contributed by atoms with Crippen LogP contribution < -0.4 is 0 Å². The molecule has 1 heterocycles. The highest BCUT2D eigenvalue weighted by atomic mass is 16.6. The Hall–Kier alpha value is -2.91. The standard InChI is InChI=1S/C22H16O3/c23-17-8-5-13(6-9-17)21-22(25-21)20(24)15-7-10-19-16(12-15)11-14-3-1-2-4-18(14)19/h1-10,12,21-23H,11H2/t21-,22+/m1/s1. The number of ketones is 1. The van der Waals surface area contributed by atoms with Gasteiger partial charge in [-0.15, -0.1) is 0 Å². The molecule has 3 aromatic rings. The summed E-state index contributed by atoms with van der Waals surface area (Å²) in [4.78, 5) is 12.8. The molecule has 2 aliphatic rings. The van der Waals surface area contributed by atoms with Gasteiger partial charge < -0.3 is 9.84 Å². The minimum atomic E-state index is -0.425. The minimum absolute atomic E-state index is 0.0248. The molecule has 3 aromatic carbocycles. The zero-order chi connectivity index (χ0) is 17.0. The normalized spacial score (nSPS) is 20.0. The van der Waals surface area contributed by atoms with E-state index in [2.05, 4.69) is 18.2 Å². The first kappa shape index (κ1) is 14.4. The second-order valence-electron chi connectivity index (χ2n) is 6.64. The number of epoxide rings is 1. The van der Waals surface area contributed by atoms with Gasteiger partial charge in [-0.25, -0.2) is 0 Å². The van der Waals surface area contributed by atoms with E-state index in [0.29, 0.717) is 5.56 Å². The van der Waals surface area contributed by atoms with Crippen molar-refractivity contribution in [2.75, 3.05) is 0 Å². The van der Waals surface area contributed by atoms with Gasteiger partial charge in [0.05, 0.1) is 0 Å². The number of phenolic OH excluding ortho intramolecular Hbond substituents is 1. The highest BCUT2D eigenvalue weighted by Gasteiger charge is 2.46. The van der Waals surface area contributed by atoms with Crippen LogP contribution in [0.15, 0.2) is 66.7 Å². The quantitative estimate of drug-likeness (QED) is 0.451. The zero-order valence-electron chi connectivity index (χ0n) is 13.5. The molecule has 2 atom stereocenters. The fourth-order valence-electron chi connectivity index (χ4n) is 3.69. The van der Waals surface area contributed by atoms with E-state index in [1.165, 1.54) is 22.3 Å². The number of aromatic hydroxyl groups is 1. The van der Waals surface area contributed by atoms with E-state index in [1.54, 1.807) is 24.3 Å². The molecule has 1 fully saturated rings. The van der Waals surface area contributed by atoms with Gasteiger partial charge in [0.25, 0.3) is 0 Å². The third-order valence-electron chi connectivity index (χ3n) is 5.05. The number of hydrogen-bond donors (Lipinski definition) is 1. The minimum Gasteiger partial charge on any atom is -0.508 e. The van der Waals surface area contributed by atoms with Gasteiger partial charge >= 0.3 is 0 Å². The van der Waals surface area contributed by atoms with E-state index in [9.17, 15) is 9.90 Å². The fraction of sp³-hybridized carbons (Fsp3) is 0.136. The SMILES string of the molecule is O=C(c1ccc2c(c1)Cc1ccccc1-2)[C@@H]1O[C@@H]1c1ccc(O)cc1. The average Bonchev–Trinajstić information content (AvgIpc) is 3.35. The maximum absolute atomic E-state index is 12.8. The number of benzene rings is 3. The molecule has 0 aromatic heterocycles. The molecule has 25 heavy (non-hydrogen) atoms. The van der Waals surface area contributed by atoms with Crippen LogP contribution in [0.2, 0.25) is 0 Å². The van der Waals surface area contributed by atoms with Gasteiger partial charge in [0.15, 0.2) is 11.9 Å². The molecule has 0 saturated carbocycles. The van der Waals surface area contributed by atoms with Gasteiger partial charge in [0.2, 0.25) is 0 Å². The van der Waals surface area contributed by atoms with Gasteiger partial charge in [-0.05, 0) is 52.4 Å². The van der Waals surface area contributed by atoms with Gasteiger partial charge in [0, 0.05) is 5.56 Å². The van der Waals surface area contributed by atoms with Crippen LogP contribution in [0.3, 0.4) is 0 Å². The highest BCUT2D eigenvalue weighted by molar-refractivity contribution is 6.02. The summed E-state index contributed by atoms with van der Waals surface area (Å²) in [6, 6.07) is 21.2. The Balaban J connectivity index is 1.39.